The number of hydrogen-bond donors (Lipinski definition) is 9. The number of carbonyl (C=O) groups is 4. The number of aryl methyl sites for hydroxylation is 3. The number of ketones is 1. The van der Waals surface area contributed by atoms with Gasteiger partial charge in [-0.2, -0.15) is 0 Å². The Bertz CT molecular complexity index is 3590. The minimum absolute atomic E-state index is 0.00222. The van der Waals surface area contributed by atoms with Crippen molar-refractivity contribution in [3.8, 4) is 5.75 Å². The number of amides is 3. The van der Waals surface area contributed by atoms with Gasteiger partial charge < -0.3 is 35.1 Å². The summed E-state index contributed by atoms with van der Waals surface area (Å²) < 4.78 is 9.65. The summed E-state index contributed by atoms with van der Waals surface area (Å²) in [5, 5.41) is 45.8. The first-order chi connectivity index (χ1) is 42.2. The van der Waals surface area contributed by atoms with Crippen molar-refractivity contribution >= 4 is 29.2 Å². The Labute approximate surface area is 508 Å². The van der Waals surface area contributed by atoms with E-state index in [0.29, 0.717) is 74.4 Å². The molecule has 0 saturated heterocycles. The van der Waals surface area contributed by atoms with E-state index in [9.17, 15) is 34.6 Å². The Morgan fingerprint density at radius 2 is 0.862 bits per heavy atom. The largest absolute Gasteiger partial charge is 0.478 e. The third-order valence-corrected chi connectivity index (χ3v) is 15.8. The average Bonchev–Trinajstić information content (AvgIpc) is 2.27. The lowest BCUT2D eigenvalue weighted by atomic mass is 9.82. The molecule has 9 rings (SSSR count). The number of nitrogens with zero attached hydrogens (tertiary/aromatic N) is 2. The standard InChI is InChI=1S/C40H45N5O5.C31H32N2O4/c1-2-29-22-34(23-31(25-41)38(29)50-27-42)43-39(47)36-24-30(18-19-37(46)44-49)35(45(36)26-28-12-6-3-7-13-28)20-21-40(48,32-14-8-4-9-15-32)33-16-10-5-11-17-33;1-23(34)29-21-25(17-18-30(35)32-37)28(33(29)22-24-11-5-2-6-12-24)19-20-31(36,26-13-7-3-8-14-26)27-15-9-4-10-16-27/h3-17,22-24,48-49H,2,18-21,25-27,41-42H2,1H3,(H,43,47)(H,44,46);2-16,21,36-37H,17-20,22H2,1H3,(H,32,35). The molecule has 0 bridgehead atoms. The van der Waals surface area contributed by atoms with Crippen LogP contribution in [0.1, 0.15) is 128 Å². The highest BCUT2D eigenvalue weighted by Crippen LogP contribution is 2.38. The molecule has 7 aromatic carbocycles. The van der Waals surface area contributed by atoms with Gasteiger partial charge in [-0.1, -0.05) is 189 Å². The summed E-state index contributed by atoms with van der Waals surface area (Å²) in [5.74, 6) is -0.824. The fourth-order valence-corrected chi connectivity index (χ4v) is 11.4. The summed E-state index contributed by atoms with van der Waals surface area (Å²) in [6.07, 6.45) is 2.86. The van der Waals surface area contributed by atoms with E-state index in [4.69, 9.17) is 21.4 Å². The van der Waals surface area contributed by atoms with E-state index in [0.717, 1.165) is 67.0 Å². The number of hydrogen-bond acceptors (Lipinski definition) is 11. The number of nitrogens with one attached hydrogen (secondary N) is 3. The molecular formula is C71H77N7O9. The van der Waals surface area contributed by atoms with Crippen LogP contribution in [0, 0.1) is 0 Å². The number of rotatable bonds is 27. The third-order valence-electron chi connectivity index (χ3n) is 15.8. The first-order valence-corrected chi connectivity index (χ1v) is 29.3. The zero-order valence-electron chi connectivity index (χ0n) is 49.2. The highest BCUT2D eigenvalue weighted by Gasteiger charge is 2.34. The normalized spacial score (nSPS) is 11.3. The highest BCUT2D eigenvalue weighted by atomic mass is 16.5. The van der Waals surface area contributed by atoms with Crippen LogP contribution in [-0.2, 0) is 72.5 Å². The zero-order valence-corrected chi connectivity index (χ0v) is 49.2. The number of Topliss-reactive ketones (excluding diaryl/α,β-unsaturated/α-hetero) is 1. The van der Waals surface area contributed by atoms with Gasteiger partial charge >= 0.3 is 0 Å². The third kappa shape index (κ3) is 16.0. The monoisotopic (exact) mass is 1170 g/mol. The predicted molar refractivity (Wildman–Crippen MR) is 336 cm³/mol. The van der Waals surface area contributed by atoms with Crippen LogP contribution in [0.5, 0.6) is 5.75 Å². The van der Waals surface area contributed by atoms with E-state index in [1.54, 1.807) is 23.1 Å². The molecule has 0 fully saturated rings. The molecular weight excluding hydrogens is 1090 g/mol. The molecule has 2 heterocycles. The second kappa shape index (κ2) is 30.7. The maximum absolute atomic E-state index is 14.3. The molecule has 16 nitrogen and oxygen atoms in total. The van der Waals surface area contributed by atoms with Crippen LogP contribution in [0.2, 0.25) is 0 Å². The second-order valence-electron chi connectivity index (χ2n) is 21.4. The van der Waals surface area contributed by atoms with Gasteiger partial charge in [-0.25, -0.2) is 11.0 Å². The van der Waals surface area contributed by atoms with E-state index >= 15 is 0 Å². The fourth-order valence-electron chi connectivity index (χ4n) is 11.4. The van der Waals surface area contributed by atoms with Gasteiger partial charge in [0.05, 0.1) is 5.69 Å². The van der Waals surface area contributed by atoms with E-state index in [2.05, 4.69) is 5.32 Å². The lowest BCUT2D eigenvalue weighted by Crippen LogP contribution is -2.29. The lowest BCUT2D eigenvalue weighted by Gasteiger charge is -2.30. The molecule has 16 heteroatoms. The van der Waals surface area contributed by atoms with Crippen LogP contribution in [0.25, 0.3) is 0 Å². The first-order valence-electron chi connectivity index (χ1n) is 29.3. The minimum atomic E-state index is -1.34. The van der Waals surface area contributed by atoms with Crippen molar-refractivity contribution in [2.45, 2.75) is 102 Å². The maximum atomic E-state index is 14.3. The first kappa shape index (κ1) is 63.8. The van der Waals surface area contributed by atoms with Crippen LogP contribution in [0.3, 0.4) is 0 Å². The van der Waals surface area contributed by atoms with Crippen molar-refractivity contribution < 1.29 is 44.5 Å². The van der Waals surface area contributed by atoms with Crippen molar-refractivity contribution in [3.63, 3.8) is 0 Å². The number of hydroxylamine groups is 2. The number of benzene rings is 7. The smallest absolute Gasteiger partial charge is 0.272 e. The topological polar surface area (TPSA) is 256 Å². The lowest BCUT2D eigenvalue weighted by molar-refractivity contribution is -0.129. The van der Waals surface area contributed by atoms with Crippen LogP contribution in [0.4, 0.5) is 5.69 Å². The van der Waals surface area contributed by atoms with Gasteiger partial charge in [0.25, 0.3) is 5.91 Å². The quantitative estimate of drug-likeness (QED) is 0.0101. The molecule has 0 aliphatic rings. The van der Waals surface area contributed by atoms with E-state index in [1.807, 2.05) is 210 Å². The van der Waals surface area contributed by atoms with E-state index < -0.39 is 23.0 Å². The van der Waals surface area contributed by atoms with Gasteiger partial charge in [-0.3, -0.25) is 35.3 Å². The van der Waals surface area contributed by atoms with Crippen molar-refractivity contribution in [2.75, 3.05) is 12.0 Å². The zero-order chi connectivity index (χ0) is 61.8. The molecule has 11 N–H and O–H groups in total. The van der Waals surface area contributed by atoms with Crippen LogP contribution in [0.15, 0.2) is 206 Å². The van der Waals surface area contributed by atoms with Gasteiger partial charge in [-0.05, 0) is 119 Å². The highest BCUT2D eigenvalue weighted by molar-refractivity contribution is 6.04. The molecule has 0 aliphatic heterocycles. The molecule has 0 aliphatic carbocycles. The van der Waals surface area contributed by atoms with Crippen molar-refractivity contribution in [3.05, 3.63) is 285 Å². The molecule has 3 amide bonds. The Morgan fingerprint density at radius 3 is 1.22 bits per heavy atom. The van der Waals surface area contributed by atoms with Gasteiger partial charge in [0.2, 0.25) is 11.8 Å². The van der Waals surface area contributed by atoms with Crippen molar-refractivity contribution in [1.82, 2.24) is 20.1 Å². The number of carbonyl (C=O) groups excluding carboxylic acids is 4. The van der Waals surface area contributed by atoms with Crippen molar-refractivity contribution in [1.29, 1.82) is 0 Å². The summed E-state index contributed by atoms with van der Waals surface area (Å²) in [6, 6.07) is 65.2. The Hall–Kier alpha value is -9.26. The average molecular weight is 1170 g/mol. The molecule has 9 aromatic rings. The van der Waals surface area contributed by atoms with Crippen LogP contribution in [-0.4, -0.2) is 60.0 Å². The molecule has 0 unspecified atom stereocenters. The van der Waals surface area contributed by atoms with E-state index in [1.165, 1.54) is 6.92 Å². The SMILES string of the molecule is CC(=O)c1cc(CCC(=O)NO)c(CCC(O)(c2ccccc2)c2ccccc2)n1Cc1ccccc1.CCc1cc(NC(=O)c2cc(CCC(=O)NO)c(CCC(O)(c3ccccc3)c3ccccc3)n2Cc2ccccc2)cc(CN)c1OCN. The summed E-state index contributed by atoms with van der Waals surface area (Å²) in [4.78, 5) is 51.0. The Morgan fingerprint density at radius 1 is 0.494 bits per heavy atom. The van der Waals surface area contributed by atoms with Crippen molar-refractivity contribution in [2.24, 2.45) is 11.5 Å². The number of aromatic nitrogens is 2. The second-order valence-corrected chi connectivity index (χ2v) is 21.4. The molecule has 2 aromatic heterocycles. The fraction of sp³-hybridized carbons (Fsp3) is 0.239. The summed E-state index contributed by atoms with van der Waals surface area (Å²) >= 11 is 0. The molecule has 0 radical (unpaired) electrons. The predicted octanol–water partition coefficient (Wildman–Crippen LogP) is 10.5. The number of ether oxygens (including phenoxy) is 1. The molecule has 0 atom stereocenters. The van der Waals surface area contributed by atoms with Crippen LogP contribution < -0.4 is 32.5 Å². The molecule has 450 valence electrons. The van der Waals surface area contributed by atoms with E-state index in [-0.39, 0.29) is 44.2 Å². The van der Waals surface area contributed by atoms with Crippen LogP contribution >= 0.6 is 0 Å². The van der Waals surface area contributed by atoms with Gasteiger partial charge in [0, 0.05) is 62.0 Å². The Kier molecular flexibility index (Phi) is 22.5. The maximum Gasteiger partial charge on any atom is 0.272 e. The van der Waals surface area contributed by atoms with Gasteiger partial charge in [0.1, 0.15) is 29.4 Å². The number of nitrogens with two attached hydrogens (primary N) is 2. The van der Waals surface area contributed by atoms with Gasteiger partial charge in [0.15, 0.2) is 5.78 Å². The molecule has 0 spiro atoms. The number of aliphatic hydroxyl groups is 2. The minimum Gasteiger partial charge on any atom is -0.478 e. The Balaban J connectivity index is 0.000000236. The summed E-state index contributed by atoms with van der Waals surface area (Å²) in [6.45, 7) is 4.59. The summed E-state index contributed by atoms with van der Waals surface area (Å²) in [5.41, 5.74) is 24.1. The molecule has 87 heavy (non-hydrogen) atoms. The van der Waals surface area contributed by atoms with Gasteiger partial charge in [-0.15, -0.1) is 0 Å². The molecule has 0 saturated carbocycles. The number of anilines is 1. The summed E-state index contributed by atoms with van der Waals surface area (Å²) in [7, 11) is 0.